The van der Waals surface area contributed by atoms with Crippen molar-refractivity contribution in [2.45, 2.75) is 45.4 Å². The summed E-state index contributed by atoms with van der Waals surface area (Å²) in [5.41, 5.74) is 7.11. The van der Waals surface area contributed by atoms with Gasteiger partial charge in [0.25, 0.3) is 0 Å². The van der Waals surface area contributed by atoms with Crippen molar-refractivity contribution in [1.82, 2.24) is 0 Å². The first-order valence-electron chi connectivity index (χ1n) is 8.54. The molecule has 0 atom stereocenters. The fourth-order valence-electron chi connectivity index (χ4n) is 3.42. The summed E-state index contributed by atoms with van der Waals surface area (Å²) in [4.78, 5) is 12.5. The number of hydrogen-bond acceptors (Lipinski definition) is 1. The van der Waals surface area contributed by atoms with Gasteiger partial charge in [0.2, 0.25) is 0 Å². The highest BCUT2D eigenvalue weighted by atomic mass is 16.1. The van der Waals surface area contributed by atoms with E-state index in [0.717, 1.165) is 30.4 Å². The Kier molecular flexibility index (Phi) is 4.76. The molecule has 0 heterocycles. The van der Waals surface area contributed by atoms with Gasteiger partial charge in [0.1, 0.15) is 0 Å². The second-order valence-corrected chi connectivity index (χ2v) is 6.53. The quantitative estimate of drug-likeness (QED) is 0.662. The summed E-state index contributed by atoms with van der Waals surface area (Å²) in [6.45, 7) is 6.26. The Morgan fingerprint density at radius 1 is 1.00 bits per heavy atom. The van der Waals surface area contributed by atoms with Crippen molar-refractivity contribution in [1.29, 1.82) is 0 Å². The fraction of sp³-hybridized carbons (Fsp3) is 0.318. The van der Waals surface area contributed by atoms with Crippen LogP contribution in [0.5, 0.6) is 0 Å². The molecule has 0 N–H and O–H groups in total. The summed E-state index contributed by atoms with van der Waals surface area (Å²) in [6.07, 6.45) is 6.05. The third-order valence-corrected chi connectivity index (χ3v) is 4.85. The molecule has 0 saturated heterocycles. The van der Waals surface area contributed by atoms with E-state index >= 15 is 0 Å². The molecule has 1 aliphatic carbocycles. The molecule has 23 heavy (non-hydrogen) atoms. The summed E-state index contributed by atoms with van der Waals surface area (Å²) in [7, 11) is 0. The normalized spacial score (nSPS) is 13.4. The zero-order valence-corrected chi connectivity index (χ0v) is 13.9. The number of Topliss-reactive ketones (excluding diaryl/α,β-unsaturated/α-hetero) is 1. The second-order valence-electron chi connectivity index (χ2n) is 6.53. The van der Waals surface area contributed by atoms with Gasteiger partial charge in [-0.3, -0.25) is 4.79 Å². The number of rotatable bonds is 5. The van der Waals surface area contributed by atoms with Gasteiger partial charge in [-0.05, 0) is 72.9 Å². The smallest absolute Gasteiger partial charge is 0.163 e. The average Bonchev–Trinajstić information content (AvgIpc) is 2.59. The van der Waals surface area contributed by atoms with E-state index in [1.165, 1.54) is 35.1 Å². The maximum atomic E-state index is 12.5. The van der Waals surface area contributed by atoms with E-state index in [1.807, 2.05) is 18.2 Å². The molecule has 0 fully saturated rings. The van der Waals surface area contributed by atoms with Crippen LogP contribution in [0.25, 0.3) is 5.57 Å². The van der Waals surface area contributed by atoms with Crippen LogP contribution in [-0.4, -0.2) is 5.78 Å². The summed E-state index contributed by atoms with van der Waals surface area (Å²) in [5.74, 6) is 0.230. The minimum absolute atomic E-state index is 0.230. The van der Waals surface area contributed by atoms with Crippen LogP contribution in [0.1, 0.15) is 58.3 Å². The molecule has 2 aromatic carbocycles. The highest BCUT2D eigenvalue weighted by Crippen LogP contribution is 2.25. The molecule has 0 amide bonds. The van der Waals surface area contributed by atoms with Gasteiger partial charge >= 0.3 is 0 Å². The molecular formula is C22H24O. The Bertz CT molecular complexity index is 739. The van der Waals surface area contributed by atoms with Gasteiger partial charge in [0, 0.05) is 12.0 Å². The Morgan fingerprint density at radius 2 is 1.74 bits per heavy atom. The van der Waals surface area contributed by atoms with Crippen molar-refractivity contribution >= 4 is 11.4 Å². The molecule has 0 spiro atoms. The third kappa shape index (κ3) is 3.61. The van der Waals surface area contributed by atoms with Crippen LogP contribution >= 0.6 is 0 Å². The first-order chi connectivity index (χ1) is 11.1. The second kappa shape index (κ2) is 6.95. The summed E-state index contributed by atoms with van der Waals surface area (Å²) >= 11 is 0. The zero-order chi connectivity index (χ0) is 16.2. The van der Waals surface area contributed by atoms with E-state index < -0.39 is 0 Å². The molecule has 118 valence electrons. The minimum Gasteiger partial charge on any atom is -0.294 e. The van der Waals surface area contributed by atoms with Crippen molar-refractivity contribution in [2.75, 3.05) is 0 Å². The van der Waals surface area contributed by atoms with E-state index in [1.54, 1.807) is 0 Å². The maximum Gasteiger partial charge on any atom is 0.163 e. The van der Waals surface area contributed by atoms with Crippen molar-refractivity contribution < 1.29 is 4.79 Å². The van der Waals surface area contributed by atoms with Crippen LogP contribution in [0.4, 0.5) is 0 Å². The summed E-state index contributed by atoms with van der Waals surface area (Å²) in [6, 6.07) is 14.5. The van der Waals surface area contributed by atoms with E-state index in [9.17, 15) is 4.79 Å². The molecular weight excluding hydrogens is 280 g/mol. The van der Waals surface area contributed by atoms with Crippen molar-refractivity contribution in [3.05, 3.63) is 76.9 Å². The van der Waals surface area contributed by atoms with Crippen LogP contribution < -0.4 is 0 Å². The van der Waals surface area contributed by atoms with Gasteiger partial charge in [-0.15, -0.1) is 0 Å². The molecule has 0 saturated carbocycles. The largest absolute Gasteiger partial charge is 0.294 e. The van der Waals surface area contributed by atoms with E-state index in [4.69, 9.17) is 0 Å². The Labute approximate surface area is 139 Å². The Balaban J connectivity index is 1.66. The van der Waals surface area contributed by atoms with Crippen molar-refractivity contribution in [3.63, 3.8) is 0 Å². The monoisotopic (exact) mass is 304 g/mol. The van der Waals surface area contributed by atoms with Gasteiger partial charge in [-0.25, -0.2) is 0 Å². The zero-order valence-electron chi connectivity index (χ0n) is 13.9. The lowest BCUT2D eigenvalue weighted by Crippen LogP contribution is -2.06. The molecule has 0 radical (unpaired) electrons. The SMILES string of the molecule is C=C(CCC(=O)c1ccc2c(c1)CCCC2)c1ccccc1C. The molecule has 0 bridgehead atoms. The highest BCUT2D eigenvalue weighted by molar-refractivity contribution is 5.97. The molecule has 1 aliphatic rings. The van der Waals surface area contributed by atoms with Crippen LogP contribution in [0.15, 0.2) is 49.0 Å². The van der Waals surface area contributed by atoms with E-state index in [0.29, 0.717) is 6.42 Å². The first-order valence-corrected chi connectivity index (χ1v) is 8.54. The molecule has 1 heteroatoms. The van der Waals surface area contributed by atoms with Crippen LogP contribution in [0.3, 0.4) is 0 Å². The minimum atomic E-state index is 0.230. The number of aryl methyl sites for hydroxylation is 3. The molecule has 1 nitrogen and oxygen atoms in total. The van der Waals surface area contributed by atoms with Crippen molar-refractivity contribution in [3.8, 4) is 0 Å². The van der Waals surface area contributed by atoms with Gasteiger partial charge < -0.3 is 0 Å². The number of carbonyl (C=O) groups is 1. The number of benzene rings is 2. The lowest BCUT2D eigenvalue weighted by molar-refractivity contribution is 0.0984. The predicted octanol–water partition coefficient (Wildman–Crippen LogP) is 5.55. The molecule has 3 rings (SSSR count). The molecule has 0 aliphatic heterocycles. The van der Waals surface area contributed by atoms with Crippen LogP contribution in [0, 0.1) is 6.92 Å². The Morgan fingerprint density at radius 3 is 2.52 bits per heavy atom. The number of allylic oxidation sites excluding steroid dienone is 1. The molecule has 2 aromatic rings. The standard InChI is InChI=1S/C22H24O/c1-16-7-3-6-10-21(16)17(2)11-14-22(23)20-13-12-18-8-4-5-9-19(18)15-20/h3,6-7,10,12-13,15H,2,4-5,8-9,11,14H2,1H3. The van der Waals surface area contributed by atoms with Crippen LogP contribution in [-0.2, 0) is 12.8 Å². The lowest BCUT2D eigenvalue weighted by atomic mass is 9.89. The maximum absolute atomic E-state index is 12.5. The van der Waals surface area contributed by atoms with Crippen LogP contribution in [0.2, 0.25) is 0 Å². The van der Waals surface area contributed by atoms with Gasteiger partial charge in [-0.1, -0.05) is 43.0 Å². The topological polar surface area (TPSA) is 17.1 Å². The average molecular weight is 304 g/mol. The third-order valence-electron chi connectivity index (χ3n) is 4.85. The fourth-order valence-corrected chi connectivity index (χ4v) is 3.42. The van der Waals surface area contributed by atoms with Crippen molar-refractivity contribution in [2.24, 2.45) is 0 Å². The number of hydrogen-bond donors (Lipinski definition) is 0. The summed E-state index contributed by atoms with van der Waals surface area (Å²) in [5, 5.41) is 0. The number of ketones is 1. The highest BCUT2D eigenvalue weighted by Gasteiger charge is 2.13. The number of fused-ring (bicyclic) bond motifs is 1. The number of carbonyl (C=O) groups excluding carboxylic acids is 1. The van der Waals surface area contributed by atoms with E-state index in [2.05, 4.69) is 37.8 Å². The Hall–Kier alpha value is -2.15. The summed E-state index contributed by atoms with van der Waals surface area (Å²) < 4.78 is 0. The molecule has 0 unspecified atom stereocenters. The lowest BCUT2D eigenvalue weighted by Gasteiger charge is -2.16. The predicted molar refractivity (Wildman–Crippen MR) is 96.9 cm³/mol. The van der Waals surface area contributed by atoms with Gasteiger partial charge in [-0.2, -0.15) is 0 Å². The van der Waals surface area contributed by atoms with E-state index in [-0.39, 0.29) is 5.78 Å². The van der Waals surface area contributed by atoms with Gasteiger partial charge in [0.05, 0.1) is 0 Å². The molecule has 0 aromatic heterocycles. The van der Waals surface area contributed by atoms with Gasteiger partial charge in [0.15, 0.2) is 5.78 Å². The first kappa shape index (κ1) is 15.7.